The zero-order valence-electron chi connectivity index (χ0n) is 18.1. The highest BCUT2D eigenvalue weighted by Crippen LogP contribution is 2.14. The van der Waals surface area contributed by atoms with E-state index in [9.17, 15) is 14.4 Å². The van der Waals surface area contributed by atoms with E-state index in [2.05, 4.69) is 16.2 Å². The summed E-state index contributed by atoms with van der Waals surface area (Å²) in [7, 11) is 0. The van der Waals surface area contributed by atoms with Gasteiger partial charge < -0.3 is 14.5 Å². The van der Waals surface area contributed by atoms with Crippen LogP contribution in [0.25, 0.3) is 0 Å². The number of rotatable bonds is 8. The van der Waals surface area contributed by atoms with Gasteiger partial charge in [0.15, 0.2) is 5.76 Å². The van der Waals surface area contributed by atoms with E-state index in [0.29, 0.717) is 22.1 Å². The SMILES string of the molecule is CC(C)[C@H](NC(=O)c1ccc(Cl)cc1)C(=O)NNC(=O)c1ccc(COc2ccccc2)o1. The Morgan fingerprint density at radius 2 is 1.61 bits per heavy atom. The number of hydrogen-bond acceptors (Lipinski definition) is 5. The van der Waals surface area contributed by atoms with Gasteiger partial charge in [-0.1, -0.05) is 43.6 Å². The molecule has 2 aromatic carbocycles. The molecule has 1 atom stereocenters. The summed E-state index contributed by atoms with van der Waals surface area (Å²) >= 11 is 5.84. The van der Waals surface area contributed by atoms with Crippen LogP contribution in [0.15, 0.2) is 71.1 Å². The van der Waals surface area contributed by atoms with Gasteiger partial charge in [-0.15, -0.1) is 0 Å². The molecule has 9 heteroatoms. The fourth-order valence-corrected chi connectivity index (χ4v) is 2.99. The van der Waals surface area contributed by atoms with Crippen molar-refractivity contribution >= 4 is 29.3 Å². The van der Waals surface area contributed by atoms with Crippen molar-refractivity contribution in [2.75, 3.05) is 0 Å². The van der Waals surface area contributed by atoms with Gasteiger partial charge in [0.05, 0.1) is 0 Å². The van der Waals surface area contributed by atoms with Crippen molar-refractivity contribution < 1.29 is 23.5 Å². The number of benzene rings is 2. The minimum absolute atomic E-state index is 0.00765. The Morgan fingerprint density at radius 3 is 2.27 bits per heavy atom. The summed E-state index contributed by atoms with van der Waals surface area (Å²) in [4.78, 5) is 37.4. The average Bonchev–Trinajstić information content (AvgIpc) is 3.29. The van der Waals surface area contributed by atoms with E-state index in [1.165, 1.54) is 6.07 Å². The van der Waals surface area contributed by atoms with E-state index < -0.39 is 23.8 Å². The summed E-state index contributed by atoms with van der Waals surface area (Å²) in [6.45, 7) is 3.70. The molecule has 172 valence electrons. The number of hydrogen-bond donors (Lipinski definition) is 3. The van der Waals surface area contributed by atoms with Gasteiger partial charge in [0.2, 0.25) is 0 Å². The zero-order chi connectivity index (χ0) is 23.8. The maximum atomic E-state index is 12.6. The first-order chi connectivity index (χ1) is 15.8. The maximum Gasteiger partial charge on any atom is 0.305 e. The highest BCUT2D eigenvalue weighted by molar-refractivity contribution is 6.30. The number of carbonyl (C=O) groups excluding carboxylic acids is 3. The molecule has 8 nitrogen and oxygen atoms in total. The number of amides is 3. The van der Waals surface area contributed by atoms with Crippen LogP contribution in [0.3, 0.4) is 0 Å². The topological polar surface area (TPSA) is 110 Å². The van der Waals surface area contributed by atoms with Crippen LogP contribution in [0.1, 0.15) is 40.5 Å². The van der Waals surface area contributed by atoms with E-state index in [0.717, 1.165) is 0 Å². The number of para-hydroxylation sites is 1. The minimum Gasteiger partial charge on any atom is -0.486 e. The van der Waals surface area contributed by atoms with Gasteiger partial charge in [0, 0.05) is 10.6 Å². The molecule has 3 aromatic rings. The standard InChI is InChI=1S/C24H24ClN3O5/c1-15(2)21(26-22(29)16-8-10-17(25)11-9-16)24(31)28-27-23(30)20-13-12-19(33-20)14-32-18-6-4-3-5-7-18/h3-13,15,21H,14H2,1-2H3,(H,26,29)(H,27,30)(H,28,31)/t21-/m0/s1. The van der Waals surface area contributed by atoms with Crippen molar-refractivity contribution in [2.45, 2.75) is 26.5 Å². The Kier molecular flexibility index (Phi) is 8.10. The number of ether oxygens (including phenoxy) is 1. The zero-order valence-corrected chi connectivity index (χ0v) is 18.9. The normalized spacial score (nSPS) is 11.5. The Morgan fingerprint density at radius 1 is 0.909 bits per heavy atom. The second-order valence-corrected chi connectivity index (χ2v) is 7.95. The Hall–Kier alpha value is -3.78. The lowest BCUT2D eigenvalue weighted by Gasteiger charge is -2.21. The molecule has 3 amide bonds. The van der Waals surface area contributed by atoms with Crippen LogP contribution in [-0.4, -0.2) is 23.8 Å². The highest BCUT2D eigenvalue weighted by atomic mass is 35.5. The molecule has 0 saturated heterocycles. The van der Waals surface area contributed by atoms with Crippen LogP contribution in [0.2, 0.25) is 5.02 Å². The fourth-order valence-electron chi connectivity index (χ4n) is 2.87. The Bertz CT molecular complexity index is 1100. The van der Waals surface area contributed by atoms with Crippen molar-refractivity contribution in [1.82, 2.24) is 16.2 Å². The van der Waals surface area contributed by atoms with Crippen molar-refractivity contribution in [2.24, 2.45) is 5.92 Å². The molecule has 0 saturated carbocycles. The molecule has 0 radical (unpaired) electrons. The lowest BCUT2D eigenvalue weighted by Crippen LogP contribution is -2.54. The lowest BCUT2D eigenvalue weighted by molar-refractivity contribution is -0.124. The predicted octanol–water partition coefficient (Wildman–Crippen LogP) is 3.73. The van der Waals surface area contributed by atoms with Crippen LogP contribution in [0.4, 0.5) is 0 Å². The van der Waals surface area contributed by atoms with Crippen LogP contribution in [0.5, 0.6) is 5.75 Å². The van der Waals surface area contributed by atoms with Gasteiger partial charge in [0.1, 0.15) is 24.2 Å². The lowest BCUT2D eigenvalue weighted by atomic mass is 10.0. The second-order valence-electron chi connectivity index (χ2n) is 7.51. The number of nitrogens with one attached hydrogen (secondary N) is 3. The smallest absolute Gasteiger partial charge is 0.305 e. The van der Waals surface area contributed by atoms with Gasteiger partial charge in [-0.25, -0.2) is 0 Å². The Balaban J connectivity index is 1.52. The predicted molar refractivity (Wildman–Crippen MR) is 123 cm³/mol. The van der Waals surface area contributed by atoms with Crippen LogP contribution < -0.4 is 20.9 Å². The number of furan rings is 1. The molecule has 1 aromatic heterocycles. The van der Waals surface area contributed by atoms with E-state index in [-0.39, 0.29) is 18.3 Å². The van der Waals surface area contributed by atoms with Gasteiger partial charge in [0.25, 0.3) is 11.8 Å². The molecule has 0 bridgehead atoms. The van der Waals surface area contributed by atoms with Crippen LogP contribution in [0, 0.1) is 5.92 Å². The van der Waals surface area contributed by atoms with Crippen molar-refractivity contribution in [3.05, 3.63) is 88.8 Å². The third-order valence-electron chi connectivity index (χ3n) is 4.65. The molecular formula is C24H24ClN3O5. The molecule has 0 aliphatic heterocycles. The van der Waals surface area contributed by atoms with Crippen LogP contribution >= 0.6 is 11.6 Å². The van der Waals surface area contributed by atoms with E-state index in [1.807, 2.05) is 30.3 Å². The third kappa shape index (κ3) is 6.85. The van der Waals surface area contributed by atoms with Gasteiger partial charge in [-0.2, -0.15) is 0 Å². The fraction of sp³-hybridized carbons (Fsp3) is 0.208. The first-order valence-corrected chi connectivity index (χ1v) is 10.6. The third-order valence-corrected chi connectivity index (χ3v) is 4.90. The molecule has 0 spiro atoms. The first-order valence-electron chi connectivity index (χ1n) is 10.3. The summed E-state index contributed by atoms with van der Waals surface area (Å²) in [6, 6.07) is 17.7. The first kappa shape index (κ1) is 23.9. The summed E-state index contributed by atoms with van der Waals surface area (Å²) in [6.07, 6.45) is 0. The Labute approximate surface area is 196 Å². The summed E-state index contributed by atoms with van der Waals surface area (Å²) < 4.78 is 11.0. The molecule has 0 aliphatic rings. The molecular weight excluding hydrogens is 446 g/mol. The molecule has 33 heavy (non-hydrogen) atoms. The van der Waals surface area contributed by atoms with Gasteiger partial charge in [-0.3, -0.25) is 25.2 Å². The van der Waals surface area contributed by atoms with E-state index in [4.69, 9.17) is 20.8 Å². The van der Waals surface area contributed by atoms with Crippen molar-refractivity contribution in [1.29, 1.82) is 0 Å². The molecule has 0 unspecified atom stereocenters. The molecule has 0 fully saturated rings. The minimum atomic E-state index is -0.875. The van der Waals surface area contributed by atoms with E-state index in [1.54, 1.807) is 44.2 Å². The molecule has 3 N–H and O–H groups in total. The monoisotopic (exact) mass is 469 g/mol. The number of carbonyl (C=O) groups is 3. The summed E-state index contributed by atoms with van der Waals surface area (Å²) in [5.41, 5.74) is 4.99. The second kappa shape index (κ2) is 11.2. The van der Waals surface area contributed by atoms with Crippen molar-refractivity contribution in [3.8, 4) is 5.75 Å². The molecule has 3 rings (SSSR count). The van der Waals surface area contributed by atoms with Crippen LogP contribution in [-0.2, 0) is 11.4 Å². The van der Waals surface area contributed by atoms with Gasteiger partial charge >= 0.3 is 5.91 Å². The quantitative estimate of drug-likeness (QED) is 0.435. The average molecular weight is 470 g/mol. The molecule has 1 heterocycles. The number of hydrazine groups is 1. The largest absolute Gasteiger partial charge is 0.486 e. The van der Waals surface area contributed by atoms with E-state index >= 15 is 0 Å². The highest BCUT2D eigenvalue weighted by Gasteiger charge is 2.25. The van der Waals surface area contributed by atoms with Gasteiger partial charge in [-0.05, 0) is 54.4 Å². The molecule has 0 aliphatic carbocycles. The summed E-state index contributed by atoms with van der Waals surface area (Å²) in [5.74, 6) is -0.739. The number of halogens is 1. The van der Waals surface area contributed by atoms with Crippen molar-refractivity contribution in [3.63, 3.8) is 0 Å². The maximum absolute atomic E-state index is 12.6. The summed E-state index contributed by atoms with van der Waals surface area (Å²) in [5, 5.41) is 3.17.